The zero-order valence-electron chi connectivity index (χ0n) is 12.3. The second-order valence-corrected chi connectivity index (χ2v) is 5.99. The van der Waals surface area contributed by atoms with Crippen LogP contribution in [0.4, 0.5) is 0 Å². The van der Waals surface area contributed by atoms with Crippen LogP contribution in [0.2, 0.25) is 0 Å². The van der Waals surface area contributed by atoms with E-state index in [4.69, 9.17) is 0 Å². The third kappa shape index (κ3) is 7.37. The van der Waals surface area contributed by atoms with Gasteiger partial charge in [0, 0.05) is 20.1 Å². The minimum Gasteiger partial charge on any atom is -0.356 e. The monoisotopic (exact) mass is 379 g/mol. The van der Waals surface area contributed by atoms with E-state index in [1.165, 1.54) is 57.8 Å². The van der Waals surface area contributed by atoms with Crippen LogP contribution in [0.3, 0.4) is 0 Å². The van der Waals surface area contributed by atoms with Crippen molar-refractivity contribution in [1.82, 2.24) is 10.6 Å². The number of nitrogens with zero attached hydrogens (tertiary/aromatic N) is 1. The molecule has 0 bridgehead atoms. The van der Waals surface area contributed by atoms with Gasteiger partial charge in [-0.15, -0.1) is 24.0 Å². The number of hydrogen-bond acceptors (Lipinski definition) is 1. The summed E-state index contributed by atoms with van der Waals surface area (Å²) < 4.78 is 0. The summed E-state index contributed by atoms with van der Waals surface area (Å²) in [5.41, 5.74) is 0. The molecule has 112 valence electrons. The first kappa shape index (κ1) is 17.1. The van der Waals surface area contributed by atoms with E-state index < -0.39 is 0 Å². The molecule has 2 N–H and O–H groups in total. The van der Waals surface area contributed by atoms with Gasteiger partial charge in [0.2, 0.25) is 0 Å². The SMILES string of the molecule is CN=C(NCC1CCCCCCC1)NCC1CC1.I. The predicted molar refractivity (Wildman–Crippen MR) is 93.3 cm³/mol. The first-order chi connectivity index (χ1) is 8.88. The Kier molecular flexibility index (Phi) is 8.83. The van der Waals surface area contributed by atoms with Crippen molar-refractivity contribution in [1.29, 1.82) is 0 Å². The summed E-state index contributed by atoms with van der Waals surface area (Å²) in [6, 6.07) is 0. The molecule has 0 aromatic heterocycles. The molecule has 19 heavy (non-hydrogen) atoms. The molecule has 4 heteroatoms. The van der Waals surface area contributed by atoms with Gasteiger partial charge in [0.1, 0.15) is 0 Å². The van der Waals surface area contributed by atoms with Crippen molar-refractivity contribution in [3.63, 3.8) is 0 Å². The average Bonchev–Trinajstić information content (AvgIpc) is 3.15. The lowest BCUT2D eigenvalue weighted by Gasteiger charge is -2.21. The van der Waals surface area contributed by atoms with E-state index in [1.807, 2.05) is 7.05 Å². The Hall–Kier alpha value is 0. The molecule has 3 nitrogen and oxygen atoms in total. The lowest BCUT2D eigenvalue weighted by atomic mass is 9.91. The van der Waals surface area contributed by atoms with Gasteiger partial charge in [-0.3, -0.25) is 4.99 Å². The van der Waals surface area contributed by atoms with Crippen molar-refractivity contribution in [3.05, 3.63) is 0 Å². The molecule has 0 spiro atoms. The molecule has 2 saturated carbocycles. The van der Waals surface area contributed by atoms with Gasteiger partial charge in [0.15, 0.2) is 5.96 Å². The number of rotatable bonds is 4. The number of nitrogens with one attached hydrogen (secondary N) is 2. The van der Waals surface area contributed by atoms with Crippen LogP contribution in [-0.4, -0.2) is 26.1 Å². The van der Waals surface area contributed by atoms with Crippen molar-refractivity contribution in [3.8, 4) is 0 Å². The van der Waals surface area contributed by atoms with Crippen molar-refractivity contribution >= 4 is 29.9 Å². The van der Waals surface area contributed by atoms with E-state index in [2.05, 4.69) is 15.6 Å². The maximum atomic E-state index is 4.31. The summed E-state index contributed by atoms with van der Waals surface area (Å²) in [6.45, 7) is 2.20. The summed E-state index contributed by atoms with van der Waals surface area (Å²) in [6.07, 6.45) is 12.7. The molecule has 0 unspecified atom stereocenters. The Morgan fingerprint density at radius 2 is 1.32 bits per heavy atom. The Balaban J connectivity index is 0.00000180. The number of hydrogen-bond donors (Lipinski definition) is 2. The first-order valence-electron chi connectivity index (χ1n) is 7.83. The lowest BCUT2D eigenvalue weighted by molar-refractivity contribution is 0.375. The smallest absolute Gasteiger partial charge is 0.190 e. The number of aliphatic imine (C=N–C) groups is 1. The Morgan fingerprint density at radius 1 is 0.842 bits per heavy atom. The predicted octanol–water partition coefficient (Wildman–Crippen LogP) is 3.54. The van der Waals surface area contributed by atoms with E-state index in [1.54, 1.807) is 0 Å². The minimum atomic E-state index is 0. The summed E-state index contributed by atoms with van der Waals surface area (Å²) in [5.74, 6) is 2.76. The van der Waals surface area contributed by atoms with Gasteiger partial charge in [-0.1, -0.05) is 32.1 Å². The van der Waals surface area contributed by atoms with Crippen LogP contribution < -0.4 is 10.6 Å². The van der Waals surface area contributed by atoms with Gasteiger partial charge in [-0.2, -0.15) is 0 Å². The van der Waals surface area contributed by atoms with Crippen molar-refractivity contribution < 1.29 is 0 Å². The maximum absolute atomic E-state index is 4.31. The van der Waals surface area contributed by atoms with Gasteiger partial charge >= 0.3 is 0 Å². The molecular formula is C15H30IN3. The van der Waals surface area contributed by atoms with Crippen molar-refractivity contribution in [2.24, 2.45) is 16.8 Å². The molecule has 0 aliphatic heterocycles. The van der Waals surface area contributed by atoms with Gasteiger partial charge in [-0.25, -0.2) is 0 Å². The second kappa shape index (κ2) is 9.83. The Bertz CT molecular complexity index is 256. The fraction of sp³-hybridized carbons (Fsp3) is 0.933. The maximum Gasteiger partial charge on any atom is 0.190 e. The summed E-state index contributed by atoms with van der Waals surface area (Å²) in [7, 11) is 1.88. The van der Waals surface area contributed by atoms with Crippen molar-refractivity contribution in [2.45, 2.75) is 57.8 Å². The molecule has 2 fully saturated rings. The molecular weight excluding hydrogens is 349 g/mol. The van der Waals surface area contributed by atoms with Crippen LogP contribution in [0, 0.1) is 11.8 Å². The van der Waals surface area contributed by atoms with E-state index in [9.17, 15) is 0 Å². The first-order valence-corrected chi connectivity index (χ1v) is 7.83. The van der Waals surface area contributed by atoms with E-state index in [-0.39, 0.29) is 24.0 Å². The van der Waals surface area contributed by atoms with Gasteiger partial charge < -0.3 is 10.6 Å². The molecule has 0 saturated heterocycles. The summed E-state index contributed by atoms with van der Waals surface area (Å²) in [4.78, 5) is 4.31. The lowest BCUT2D eigenvalue weighted by Crippen LogP contribution is -2.40. The van der Waals surface area contributed by atoms with Crippen LogP contribution in [0.15, 0.2) is 4.99 Å². The standard InChI is InChI=1S/C15H29N3.HI/c1-16-15(18-12-14-9-10-14)17-11-13-7-5-3-2-4-6-8-13;/h13-14H,2-12H2,1H3,(H2,16,17,18);1H. The van der Waals surface area contributed by atoms with Crippen LogP contribution in [-0.2, 0) is 0 Å². The summed E-state index contributed by atoms with van der Waals surface area (Å²) in [5, 5.41) is 6.95. The van der Waals surface area contributed by atoms with Crippen LogP contribution in [0.1, 0.15) is 57.8 Å². The molecule has 0 atom stereocenters. The molecule has 2 aliphatic rings. The van der Waals surface area contributed by atoms with E-state index in [0.29, 0.717) is 0 Å². The summed E-state index contributed by atoms with van der Waals surface area (Å²) >= 11 is 0. The minimum absolute atomic E-state index is 0. The zero-order valence-corrected chi connectivity index (χ0v) is 14.6. The quantitative estimate of drug-likeness (QED) is 0.445. The largest absolute Gasteiger partial charge is 0.356 e. The molecule has 0 amide bonds. The Labute approximate surface area is 135 Å². The van der Waals surface area contributed by atoms with Crippen molar-refractivity contribution in [2.75, 3.05) is 20.1 Å². The van der Waals surface area contributed by atoms with Gasteiger partial charge in [0.05, 0.1) is 0 Å². The molecule has 2 rings (SSSR count). The number of halogens is 1. The highest BCUT2D eigenvalue weighted by Crippen LogP contribution is 2.27. The molecule has 2 aliphatic carbocycles. The third-order valence-electron chi connectivity index (χ3n) is 4.26. The third-order valence-corrected chi connectivity index (χ3v) is 4.26. The fourth-order valence-corrected chi connectivity index (χ4v) is 2.77. The highest BCUT2D eigenvalue weighted by atomic mass is 127. The second-order valence-electron chi connectivity index (χ2n) is 5.99. The van der Waals surface area contributed by atoms with Crippen LogP contribution in [0.5, 0.6) is 0 Å². The van der Waals surface area contributed by atoms with Gasteiger partial charge in [0.25, 0.3) is 0 Å². The molecule has 0 radical (unpaired) electrons. The van der Waals surface area contributed by atoms with E-state index >= 15 is 0 Å². The molecule has 0 heterocycles. The number of guanidine groups is 1. The highest BCUT2D eigenvalue weighted by Gasteiger charge is 2.21. The van der Waals surface area contributed by atoms with Gasteiger partial charge in [-0.05, 0) is 37.5 Å². The van der Waals surface area contributed by atoms with E-state index in [0.717, 1.165) is 30.9 Å². The highest BCUT2D eigenvalue weighted by molar-refractivity contribution is 14.0. The average molecular weight is 379 g/mol. The normalized spacial score (nSPS) is 22.1. The topological polar surface area (TPSA) is 36.4 Å². The molecule has 0 aromatic carbocycles. The molecule has 0 aromatic rings. The fourth-order valence-electron chi connectivity index (χ4n) is 2.77. The van der Waals surface area contributed by atoms with Crippen LogP contribution in [0.25, 0.3) is 0 Å². The zero-order chi connectivity index (χ0) is 12.6. The van der Waals surface area contributed by atoms with Crippen LogP contribution >= 0.6 is 24.0 Å². The Morgan fingerprint density at radius 3 is 1.79 bits per heavy atom.